The van der Waals surface area contributed by atoms with E-state index in [-0.39, 0.29) is 6.10 Å². The highest BCUT2D eigenvalue weighted by Crippen LogP contribution is 2.38. The Bertz CT molecular complexity index is 421. The van der Waals surface area contributed by atoms with Crippen molar-refractivity contribution >= 4 is 43.1 Å². The Morgan fingerprint density at radius 2 is 1.50 bits per heavy atom. The Labute approximate surface area is 137 Å². The summed E-state index contributed by atoms with van der Waals surface area (Å²) in [7, 11) is -1.77. The molecular weight excluding hydrogens is 333 g/mol. The second-order valence-electron chi connectivity index (χ2n) is 4.87. The molecule has 0 fully saturated rings. The summed E-state index contributed by atoms with van der Waals surface area (Å²) in [4.78, 5) is 0. The summed E-state index contributed by atoms with van der Waals surface area (Å²) < 4.78 is 6.42. The third kappa shape index (κ3) is 4.12. The van der Waals surface area contributed by atoms with Crippen LogP contribution in [0, 0.1) is 0 Å². The highest BCUT2D eigenvalue weighted by atomic mass is 35.5. The Morgan fingerprint density at radius 1 is 1.05 bits per heavy atom. The van der Waals surface area contributed by atoms with E-state index in [9.17, 15) is 0 Å². The van der Waals surface area contributed by atoms with Crippen molar-refractivity contribution in [2.24, 2.45) is 5.73 Å². The van der Waals surface area contributed by atoms with E-state index in [0.717, 1.165) is 23.7 Å². The van der Waals surface area contributed by atoms with Crippen molar-refractivity contribution in [1.29, 1.82) is 0 Å². The van der Waals surface area contributed by atoms with E-state index in [1.165, 1.54) is 0 Å². The second-order valence-corrected chi connectivity index (χ2v) is 10.8. The van der Waals surface area contributed by atoms with Crippen LogP contribution in [0.2, 0.25) is 33.2 Å². The van der Waals surface area contributed by atoms with Crippen LogP contribution >= 0.6 is 34.8 Å². The van der Waals surface area contributed by atoms with Gasteiger partial charge in [-0.1, -0.05) is 55.6 Å². The van der Waals surface area contributed by atoms with Crippen LogP contribution in [0.1, 0.15) is 32.4 Å². The fourth-order valence-corrected chi connectivity index (χ4v) is 6.27. The molecule has 0 amide bonds. The van der Waals surface area contributed by atoms with Crippen LogP contribution in [-0.2, 0) is 4.43 Å². The van der Waals surface area contributed by atoms with Crippen LogP contribution in [0.5, 0.6) is 0 Å². The van der Waals surface area contributed by atoms with Crippen LogP contribution in [0.4, 0.5) is 0 Å². The van der Waals surface area contributed by atoms with E-state index < -0.39 is 8.32 Å². The van der Waals surface area contributed by atoms with Gasteiger partial charge in [0.25, 0.3) is 0 Å². The molecule has 114 valence electrons. The lowest BCUT2D eigenvalue weighted by atomic mass is 10.1. The maximum Gasteiger partial charge on any atom is 0.192 e. The normalized spacial score (nSPS) is 13.6. The Hall–Kier alpha value is 0.227. The zero-order valence-corrected chi connectivity index (χ0v) is 15.4. The Kier molecular flexibility index (Phi) is 7.33. The SMILES string of the molecule is CC[Si](CC)(CC)O[C@H](CN)c1c(Cl)cc(Cl)cc1Cl. The predicted octanol–water partition coefficient (Wildman–Crippen LogP) is 5.67. The van der Waals surface area contributed by atoms with Gasteiger partial charge in [0, 0.05) is 27.2 Å². The molecule has 0 aliphatic rings. The highest BCUT2D eigenvalue weighted by Gasteiger charge is 2.33. The number of rotatable bonds is 7. The average Bonchev–Trinajstić information content (AvgIpc) is 2.42. The van der Waals surface area contributed by atoms with E-state index in [1.54, 1.807) is 12.1 Å². The molecule has 0 saturated heterocycles. The minimum absolute atomic E-state index is 0.265. The molecule has 1 aromatic rings. The van der Waals surface area contributed by atoms with Gasteiger partial charge in [0.1, 0.15) is 0 Å². The van der Waals surface area contributed by atoms with E-state index in [1.807, 2.05) is 0 Å². The number of halogens is 3. The molecule has 0 bridgehead atoms. The fourth-order valence-electron chi connectivity index (χ4n) is 2.39. The molecule has 1 rings (SSSR count). The van der Waals surface area contributed by atoms with Crippen LogP contribution in [0.3, 0.4) is 0 Å². The average molecular weight is 355 g/mol. The van der Waals surface area contributed by atoms with Crippen LogP contribution in [-0.4, -0.2) is 14.9 Å². The lowest BCUT2D eigenvalue weighted by Crippen LogP contribution is -2.39. The first-order valence-corrected chi connectivity index (χ1v) is 10.6. The number of benzene rings is 1. The quantitative estimate of drug-likeness (QED) is 0.640. The molecule has 0 aliphatic carbocycles. The van der Waals surface area contributed by atoms with Gasteiger partial charge in [-0.3, -0.25) is 0 Å². The van der Waals surface area contributed by atoms with E-state index >= 15 is 0 Å². The van der Waals surface area contributed by atoms with Crippen LogP contribution in [0.25, 0.3) is 0 Å². The number of hydrogen-bond donors (Lipinski definition) is 1. The first kappa shape index (κ1) is 18.3. The largest absolute Gasteiger partial charge is 0.409 e. The predicted molar refractivity (Wildman–Crippen MR) is 91.5 cm³/mol. The van der Waals surface area contributed by atoms with Gasteiger partial charge < -0.3 is 10.2 Å². The number of hydrogen-bond acceptors (Lipinski definition) is 2. The molecule has 0 unspecified atom stereocenters. The maximum atomic E-state index is 6.42. The zero-order chi connectivity index (χ0) is 15.3. The van der Waals surface area contributed by atoms with Crippen molar-refractivity contribution < 1.29 is 4.43 Å². The van der Waals surface area contributed by atoms with Gasteiger partial charge >= 0.3 is 0 Å². The second kappa shape index (κ2) is 8.02. The minimum Gasteiger partial charge on any atom is -0.409 e. The molecule has 2 N–H and O–H groups in total. The molecule has 0 aliphatic heterocycles. The first-order chi connectivity index (χ1) is 9.42. The van der Waals surface area contributed by atoms with Crippen molar-refractivity contribution in [2.45, 2.75) is 45.0 Å². The van der Waals surface area contributed by atoms with Gasteiger partial charge in [0.05, 0.1) is 6.10 Å². The van der Waals surface area contributed by atoms with Crippen molar-refractivity contribution in [2.75, 3.05) is 6.54 Å². The Morgan fingerprint density at radius 3 is 1.85 bits per heavy atom. The molecule has 0 saturated carbocycles. The summed E-state index contributed by atoms with van der Waals surface area (Å²) in [6, 6.07) is 6.53. The standard InChI is InChI=1S/C14H22Cl3NOSi/c1-4-20(5-2,6-3)19-13(9-18)14-11(16)7-10(15)8-12(14)17/h7-8,13H,4-6,9,18H2,1-3H3/t13-/m1/s1. The minimum atomic E-state index is -1.77. The van der Waals surface area contributed by atoms with E-state index in [4.69, 9.17) is 45.0 Å². The summed E-state index contributed by atoms with van der Waals surface area (Å²) in [5.74, 6) is 0. The van der Waals surface area contributed by atoms with Crippen molar-refractivity contribution in [1.82, 2.24) is 0 Å². The van der Waals surface area contributed by atoms with Gasteiger partial charge in [-0.15, -0.1) is 0 Å². The third-order valence-electron chi connectivity index (χ3n) is 3.91. The van der Waals surface area contributed by atoms with Crippen LogP contribution < -0.4 is 5.73 Å². The van der Waals surface area contributed by atoms with E-state index in [0.29, 0.717) is 21.6 Å². The number of nitrogens with two attached hydrogens (primary N) is 1. The maximum absolute atomic E-state index is 6.42. The lowest BCUT2D eigenvalue weighted by Gasteiger charge is -2.33. The molecule has 0 spiro atoms. The van der Waals surface area contributed by atoms with E-state index in [2.05, 4.69) is 20.8 Å². The van der Waals surface area contributed by atoms with Gasteiger partial charge in [0.2, 0.25) is 0 Å². The summed E-state index contributed by atoms with van der Waals surface area (Å²) in [5, 5.41) is 1.55. The van der Waals surface area contributed by atoms with Crippen molar-refractivity contribution in [3.63, 3.8) is 0 Å². The molecular formula is C14H22Cl3NOSi. The lowest BCUT2D eigenvalue weighted by molar-refractivity contribution is 0.198. The summed E-state index contributed by atoms with van der Waals surface area (Å²) in [6.45, 7) is 6.89. The van der Waals surface area contributed by atoms with Gasteiger partial charge in [-0.2, -0.15) is 0 Å². The molecule has 20 heavy (non-hydrogen) atoms. The molecule has 2 nitrogen and oxygen atoms in total. The topological polar surface area (TPSA) is 35.2 Å². The molecule has 1 atom stereocenters. The Balaban J connectivity index is 3.14. The van der Waals surface area contributed by atoms with Crippen molar-refractivity contribution in [3.05, 3.63) is 32.8 Å². The highest BCUT2D eigenvalue weighted by molar-refractivity contribution is 6.73. The van der Waals surface area contributed by atoms with Crippen LogP contribution in [0.15, 0.2) is 12.1 Å². The first-order valence-electron chi connectivity index (χ1n) is 6.95. The molecule has 0 radical (unpaired) electrons. The summed E-state index contributed by atoms with van der Waals surface area (Å²) in [5.41, 5.74) is 6.66. The molecule has 6 heteroatoms. The molecule has 0 aromatic heterocycles. The summed E-state index contributed by atoms with van der Waals surface area (Å²) in [6.07, 6.45) is -0.265. The van der Waals surface area contributed by atoms with Crippen molar-refractivity contribution in [3.8, 4) is 0 Å². The van der Waals surface area contributed by atoms with Gasteiger partial charge in [0.15, 0.2) is 8.32 Å². The molecule has 1 aromatic carbocycles. The zero-order valence-electron chi connectivity index (χ0n) is 12.2. The fraction of sp³-hybridized carbons (Fsp3) is 0.571. The molecule has 0 heterocycles. The monoisotopic (exact) mass is 353 g/mol. The summed E-state index contributed by atoms with van der Waals surface area (Å²) >= 11 is 18.5. The van der Waals surface area contributed by atoms with Gasteiger partial charge in [-0.25, -0.2) is 0 Å². The third-order valence-corrected chi connectivity index (χ3v) is 9.40. The smallest absolute Gasteiger partial charge is 0.192 e. The van der Waals surface area contributed by atoms with Gasteiger partial charge in [-0.05, 0) is 30.3 Å².